The Labute approximate surface area is 208 Å². The van der Waals surface area contributed by atoms with Gasteiger partial charge in [0.1, 0.15) is 0 Å². The molecule has 0 aliphatic carbocycles. The van der Waals surface area contributed by atoms with Crippen LogP contribution in [0.5, 0.6) is 0 Å². The number of nitrogens with zero attached hydrogens (tertiary/aromatic N) is 2. The van der Waals surface area contributed by atoms with E-state index >= 15 is 0 Å². The molecular formula is C30H35N3O2. The van der Waals surface area contributed by atoms with Crippen molar-refractivity contribution in [2.45, 2.75) is 32.4 Å². The molecule has 3 aromatic rings. The summed E-state index contributed by atoms with van der Waals surface area (Å²) in [5.74, 6) is 0.147. The third kappa shape index (κ3) is 7.03. The van der Waals surface area contributed by atoms with E-state index in [4.69, 9.17) is 0 Å². The van der Waals surface area contributed by atoms with Crippen LogP contribution in [0, 0.1) is 5.92 Å². The molecule has 1 N–H and O–H groups in total. The first-order valence-corrected chi connectivity index (χ1v) is 12.5. The molecular weight excluding hydrogens is 434 g/mol. The summed E-state index contributed by atoms with van der Waals surface area (Å²) in [7, 11) is 0. The highest BCUT2D eigenvalue weighted by Crippen LogP contribution is 2.29. The van der Waals surface area contributed by atoms with Crippen LogP contribution in [0.25, 0.3) is 0 Å². The Hall–Kier alpha value is -3.44. The minimum Gasteiger partial charge on any atom is -0.352 e. The molecule has 2 amide bonds. The summed E-state index contributed by atoms with van der Waals surface area (Å²) in [5.41, 5.74) is 3.62. The zero-order valence-corrected chi connectivity index (χ0v) is 20.5. The van der Waals surface area contributed by atoms with Crippen molar-refractivity contribution in [2.75, 3.05) is 26.2 Å². The molecule has 35 heavy (non-hydrogen) atoms. The fourth-order valence-corrected chi connectivity index (χ4v) is 4.80. The number of hydrogen-bond acceptors (Lipinski definition) is 3. The van der Waals surface area contributed by atoms with Crippen LogP contribution in [0.3, 0.4) is 0 Å². The number of carbonyl (C=O) groups excluding carboxylic acids is 2. The SMILES string of the molecule is C[C@H](CC(=O)NCc1ccccc1)CC(=O)N1CCN(C(c2ccccc2)c2ccccc2)CC1. The predicted molar refractivity (Wildman–Crippen MR) is 140 cm³/mol. The van der Waals surface area contributed by atoms with Gasteiger partial charge in [-0.15, -0.1) is 0 Å². The fourth-order valence-electron chi connectivity index (χ4n) is 4.80. The predicted octanol–water partition coefficient (Wildman–Crippen LogP) is 4.65. The first-order chi connectivity index (χ1) is 17.1. The molecule has 4 rings (SSSR count). The van der Waals surface area contributed by atoms with E-state index in [0.29, 0.717) is 32.5 Å². The van der Waals surface area contributed by atoms with Crippen LogP contribution in [0.1, 0.15) is 42.5 Å². The third-order valence-corrected chi connectivity index (χ3v) is 6.65. The van der Waals surface area contributed by atoms with E-state index in [9.17, 15) is 9.59 Å². The van der Waals surface area contributed by atoms with Crippen molar-refractivity contribution in [3.8, 4) is 0 Å². The highest BCUT2D eigenvalue weighted by atomic mass is 16.2. The topological polar surface area (TPSA) is 52.7 Å². The molecule has 5 heteroatoms. The molecule has 1 heterocycles. The van der Waals surface area contributed by atoms with Crippen LogP contribution in [0.4, 0.5) is 0 Å². The number of piperazine rings is 1. The van der Waals surface area contributed by atoms with Crippen molar-refractivity contribution in [2.24, 2.45) is 5.92 Å². The van der Waals surface area contributed by atoms with Crippen LogP contribution in [-0.2, 0) is 16.1 Å². The molecule has 0 saturated carbocycles. The molecule has 0 bridgehead atoms. The minimum absolute atomic E-state index is 0.00691. The van der Waals surface area contributed by atoms with Gasteiger partial charge in [0.2, 0.25) is 11.8 Å². The second-order valence-corrected chi connectivity index (χ2v) is 9.42. The minimum atomic E-state index is -0.00691. The molecule has 3 aromatic carbocycles. The van der Waals surface area contributed by atoms with Crippen molar-refractivity contribution < 1.29 is 9.59 Å². The van der Waals surface area contributed by atoms with Crippen LogP contribution in [0.2, 0.25) is 0 Å². The molecule has 0 spiro atoms. The molecule has 0 unspecified atom stereocenters. The molecule has 5 nitrogen and oxygen atoms in total. The molecule has 182 valence electrons. The van der Waals surface area contributed by atoms with E-state index in [1.54, 1.807) is 0 Å². The van der Waals surface area contributed by atoms with Crippen molar-refractivity contribution in [3.05, 3.63) is 108 Å². The molecule has 1 fully saturated rings. The highest BCUT2D eigenvalue weighted by molar-refractivity contribution is 5.79. The molecule has 0 aromatic heterocycles. The average molecular weight is 470 g/mol. The molecule has 0 radical (unpaired) electrons. The van der Waals surface area contributed by atoms with E-state index in [1.807, 2.05) is 54.3 Å². The maximum atomic E-state index is 13.0. The largest absolute Gasteiger partial charge is 0.352 e. The molecule has 1 saturated heterocycles. The van der Waals surface area contributed by atoms with Gasteiger partial charge in [0.05, 0.1) is 6.04 Å². The summed E-state index contributed by atoms with van der Waals surface area (Å²) in [6.45, 7) is 5.57. The average Bonchev–Trinajstić information content (AvgIpc) is 2.90. The van der Waals surface area contributed by atoms with Crippen molar-refractivity contribution in [1.29, 1.82) is 0 Å². The highest BCUT2D eigenvalue weighted by Gasteiger charge is 2.28. The first kappa shape index (κ1) is 24.7. The lowest BCUT2D eigenvalue weighted by atomic mass is 9.96. The van der Waals surface area contributed by atoms with Crippen molar-refractivity contribution in [3.63, 3.8) is 0 Å². The zero-order valence-electron chi connectivity index (χ0n) is 20.5. The summed E-state index contributed by atoms with van der Waals surface area (Å²) < 4.78 is 0. The summed E-state index contributed by atoms with van der Waals surface area (Å²) >= 11 is 0. The Balaban J connectivity index is 1.27. The number of benzene rings is 3. The van der Waals surface area contributed by atoms with Gasteiger partial charge < -0.3 is 10.2 Å². The second-order valence-electron chi connectivity index (χ2n) is 9.42. The summed E-state index contributed by atoms with van der Waals surface area (Å²) in [6.07, 6.45) is 0.766. The lowest BCUT2D eigenvalue weighted by Crippen LogP contribution is -2.50. The maximum absolute atomic E-state index is 13.0. The van der Waals surface area contributed by atoms with E-state index in [0.717, 1.165) is 18.7 Å². The Bertz CT molecular complexity index is 1030. The van der Waals surface area contributed by atoms with Gasteiger partial charge >= 0.3 is 0 Å². The lowest BCUT2D eigenvalue weighted by molar-refractivity contribution is -0.134. The number of carbonyl (C=O) groups is 2. The number of rotatable bonds is 9. The van der Waals surface area contributed by atoms with E-state index < -0.39 is 0 Å². The van der Waals surface area contributed by atoms with Gasteiger partial charge in [-0.3, -0.25) is 14.5 Å². The van der Waals surface area contributed by atoms with Gasteiger partial charge in [-0.25, -0.2) is 0 Å². The standard InChI is InChI=1S/C30H35N3O2/c1-24(21-28(34)31-23-25-11-5-2-6-12-25)22-29(35)32-17-19-33(20-18-32)30(26-13-7-3-8-14-26)27-15-9-4-10-16-27/h2-16,24,30H,17-23H2,1H3,(H,31,34)/t24-/m1/s1. The van der Waals surface area contributed by atoms with E-state index in [2.05, 4.69) is 58.7 Å². The Morgan fingerprint density at radius 1 is 0.743 bits per heavy atom. The fraction of sp³-hybridized carbons (Fsp3) is 0.333. The zero-order chi connectivity index (χ0) is 24.5. The van der Waals surface area contributed by atoms with Crippen LogP contribution >= 0.6 is 0 Å². The number of hydrogen-bond donors (Lipinski definition) is 1. The number of nitrogens with one attached hydrogen (secondary N) is 1. The van der Waals surface area contributed by atoms with Crippen LogP contribution < -0.4 is 5.32 Å². The molecule has 1 aliphatic heterocycles. The Morgan fingerprint density at radius 2 is 1.26 bits per heavy atom. The van der Waals surface area contributed by atoms with Crippen LogP contribution in [0.15, 0.2) is 91.0 Å². The van der Waals surface area contributed by atoms with Crippen LogP contribution in [-0.4, -0.2) is 47.8 Å². The van der Waals surface area contributed by atoms with Gasteiger partial charge in [-0.05, 0) is 22.6 Å². The normalized spacial score (nSPS) is 15.1. The van der Waals surface area contributed by atoms with E-state index in [-0.39, 0.29) is 23.8 Å². The third-order valence-electron chi connectivity index (χ3n) is 6.65. The van der Waals surface area contributed by atoms with Gasteiger partial charge in [0.25, 0.3) is 0 Å². The Kier molecular flexibility index (Phi) is 8.68. The smallest absolute Gasteiger partial charge is 0.222 e. The molecule has 1 atom stereocenters. The van der Waals surface area contributed by atoms with Gasteiger partial charge in [-0.2, -0.15) is 0 Å². The first-order valence-electron chi connectivity index (χ1n) is 12.5. The van der Waals surface area contributed by atoms with E-state index in [1.165, 1.54) is 11.1 Å². The summed E-state index contributed by atoms with van der Waals surface area (Å²) in [6, 6.07) is 31.2. The molecule has 1 aliphatic rings. The Morgan fingerprint density at radius 3 is 1.80 bits per heavy atom. The monoisotopic (exact) mass is 469 g/mol. The summed E-state index contributed by atoms with van der Waals surface area (Å²) in [5, 5.41) is 2.96. The lowest BCUT2D eigenvalue weighted by Gasteiger charge is -2.40. The summed E-state index contributed by atoms with van der Waals surface area (Å²) in [4.78, 5) is 29.7. The number of amides is 2. The van der Waals surface area contributed by atoms with Crippen molar-refractivity contribution >= 4 is 11.8 Å². The van der Waals surface area contributed by atoms with Gasteiger partial charge in [0.15, 0.2) is 0 Å². The quantitative estimate of drug-likeness (QED) is 0.496. The second kappa shape index (κ2) is 12.3. The van der Waals surface area contributed by atoms with Gasteiger partial charge in [0, 0.05) is 45.6 Å². The van der Waals surface area contributed by atoms with Gasteiger partial charge in [-0.1, -0.05) is 97.9 Å². The van der Waals surface area contributed by atoms with Crippen molar-refractivity contribution in [1.82, 2.24) is 15.1 Å². The maximum Gasteiger partial charge on any atom is 0.222 e.